The molecular weight excluding hydrogens is 344 g/mol. The first-order valence-electron chi connectivity index (χ1n) is 8.49. The van der Waals surface area contributed by atoms with Gasteiger partial charge in [0.1, 0.15) is 11.5 Å². The van der Waals surface area contributed by atoms with Gasteiger partial charge in [-0.05, 0) is 24.1 Å². The van der Waals surface area contributed by atoms with E-state index < -0.39 is 0 Å². The summed E-state index contributed by atoms with van der Waals surface area (Å²) >= 11 is 0. The third kappa shape index (κ3) is 4.54. The third-order valence-electron chi connectivity index (χ3n) is 4.27. The molecule has 0 aliphatic carbocycles. The Morgan fingerprint density at radius 3 is 2.48 bits per heavy atom. The van der Waals surface area contributed by atoms with Crippen molar-refractivity contribution in [3.05, 3.63) is 77.3 Å². The zero-order valence-corrected chi connectivity index (χ0v) is 15.8. The molecule has 0 bridgehead atoms. The van der Waals surface area contributed by atoms with E-state index in [4.69, 9.17) is 9.84 Å². The molecule has 0 spiro atoms. The molecule has 2 N–H and O–H groups in total. The maximum Gasteiger partial charge on any atom is 0.270 e. The van der Waals surface area contributed by atoms with Crippen LogP contribution >= 0.6 is 0 Å². The lowest BCUT2D eigenvalue weighted by atomic mass is 9.93. The summed E-state index contributed by atoms with van der Waals surface area (Å²) < 4.78 is 5.31. The number of allylic oxidation sites excluding steroid dienone is 3. The van der Waals surface area contributed by atoms with Crippen LogP contribution in [0.25, 0.3) is 5.57 Å². The van der Waals surface area contributed by atoms with Crippen LogP contribution in [0.1, 0.15) is 33.3 Å². The number of aliphatic hydroxyl groups excluding tert-OH is 1. The van der Waals surface area contributed by atoms with Gasteiger partial charge in [-0.2, -0.15) is 0 Å². The van der Waals surface area contributed by atoms with E-state index in [1.54, 1.807) is 14.0 Å². The predicted octanol–water partition coefficient (Wildman–Crippen LogP) is 2.90. The Bertz CT molecular complexity index is 865. The summed E-state index contributed by atoms with van der Waals surface area (Å²) in [7, 11) is 3.08. The first kappa shape index (κ1) is 20.2. The Morgan fingerprint density at radius 2 is 1.89 bits per heavy atom. The summed E-state index contributed by atoms with van der Waals surface area (Å²) in [6.45, 7) is 5.84. The number of aromatic amines is 1. The topological polar surface area (TPSA) is 82.6 Å². The van der Waals surface area contributed by atoms with Gasteiger partial charge in [-0.25, -0.2) is 0 Å². The number of rotatable bonds is 8. The van der Waals surface area contributed by atoms with Crippen LogP contribution in [-0.4, -0.2) is 54.0 Å². The summed E-state index contributed by atoms with van der Waals surface area (Å²) in [6.07, 6.45) is 1.49. The summed E-state index contributed by atoms with van der Waals surface area (Å²) in [5.74, 6) is -0.150. The lowest BCUT2D eigenvalue weighted by molar-refractivity contribution is 0.0762. The van der Waals surface area contributed by atoms with Gasteiger partial charge >= 0.3 is 0 Å². The van der Waals surface area contributed by atoms with E-state index >= 15 is 0 Å². The van der Waals surface area contributed by atoms with Crippen LogP contribution in [0.2, 0.25) is 0 Å². The number of ether oxygens (including phenoxy) is 1. The number of hydrogen-bond donors (Lipinski definition) is 2. The van der Waals surface area contributed by atoms with Crippen molar-refractivity contribution in [1.29, 1.82) is 0 Å². The van der Waals surface area contributed by atoms with Crippen LogP contribution in [0, 0.1) is 0 Å². The second kappa shape index (κ2) is 9.00. The van der Waals surface area contributed by atoms with Crippen molar-refractivity contribution in [3.63, 3.8) is 0 Å². The zero-order valence-electron chi connectivity index (χ0n) is 15.8. The summed E-state index contributed by atoms with van der Waals surface area (Å²) in [5.41, 5.74) is 2.32. The van der Waals surface area contributed by atoms with E-state index in [9.17, 15) is 9.59 Å². The Morgan fingerprint density at radius 1 is 1.22 bits per heavy atom. The molecule has 142 valence electrons. The molecule has 0 aliphatic heterocycles. The molecule has 0 atom stereocenters. The van der Waals surface area contributed by atoms with E-state index in [0.717, 1.165) is 5.56 Å². The number of benzene rings is 1. The number of nitrogens with one attached hydrogen (secondary N) is 1. The number of carbonyl (C=O) groups excluding carboxylic acids is 2. The number of hydrogen-bond acceptors (Lipinski definition) is 4. The Labute approximate surface area is 158 Å². The van der Waals surface area contributed by atoms with Gasteiger partial charge in [-0.1, -0.05) is 36.9 Å². The lowest BCUT2D eigenvalue weighted by Crippen LogP contribution is -2.29. The number of aliphatic hydroxyl groups is 1. The first-order valence-corrected chi connectivity index (χ1v) is 8.49. The quantitative estimate of drug-likeness (QED) is 0.325. The minimum absolute atomic E-state index is 0.133. The molecule has 0 saturated heterocycles. The highest BCUT2D eigenvalue weighted by Gasteiger charge is 2.23. The highest BCUT2D eigenvalue weighted by molar-refractivity contribution is 6.19. The van der Waals surface area contributed by atoms with Crippen LogP contribution in [0.5, 0.6) is 0 Å². The molecule has 0 fully saturated rings. The first-order chi connectivity index (χ1) is 12.9. The van der Waals surface area contributed by atoms with E-state index in [0.29, 0.717) is 22.5 Å². The molecule has 6 nitrogen and oxygen atoms in total. The lowest BCUT2D eigenvalue weighted by Gasteiger charge is -2.14. The SMILES string of the molecule is C=C(/C(C(=O)c1c[nH]c(C(=O)N(C)CCO)c1)=C(/C)OC)c1ccccc1. The van der Waals surface area contributed by atoms with Crippen LogP contribution in [0.15, 0.2) is 60.5 Å². The average molecular weight is 368 g/mol. The Balaban J connectivity index is 2.35. The van der Waals surface area contributed by atoms with Crippen LogP contribution in [0.3, 0.4) is 0 Å². The van der Waals surface area contributed by atoms with Crippen molar-refractivity contribution in [2.24, 2.45) is 0 Å². The molecule has 1 heterocycles. The minimum Gasteiger partial charge on any atom is -0.501 e. The van der Waals surface area contributed by atoms with Crippen molar-refractivity contribution in [3.8, 4) is 0 Å². The van der Waals surface area contributed by atoms with E-state index in [2.05, 4.69) is 11.6 Å². The second-order valence-corrected chi connectivity index (χ2v) is 6.06. The maximum atomic E-state index is 13.1. The van der Waals surface area contributed by atoms with Gasteiger partial charge in [0.15, 0.2) is 5.78 Å². The number of likely N-dealkylation sites (N-methyl/N-ethyl adjacent to an activating group) is 1. The standard InChI is InChI=1S/C21H24N2O4/c1-14(16-8-6-5-7-9-16)19(15(2)27-4)20(25)17-12-18(22-13-17)21(26)23(3)10-11-24/h5-9,12-13,22,24H,1,10-11H2,2-4H3/b19-15+. The highest BCUT2D eigenvalue weighted by atomic mass is 16.5. The molecule has 1 amide bonds. The maximum absolute atomic E-state index is 13.1. The Hall–Kier alpha value is -3.12. The molecule has 6 heteroatoms. The number of aromatic nitrogens is 1. The fraction of sp³-hybridized carbons (Fsp3) is 0.238. The number of carbonyl (C=O) groups is 2. The smallest absolute Gasteiger partial charge is 0.270 e. The van der Waals surface area contributed by atoms with Crippen LogP contribution < -0.4 is 0 Å². The molecular formula is C21H24N2O4. The molecule has 0 radical (unpaired) electrons. The molecule has 0 saturated carbocycles. The van der Waals surface area contributed by atoms with Gasteiger partial charge in [0.2, 0.25) is 0 Å². The third-order valence-corrected chi connectivity index (χ3v) is 4.27. The zero-order chi connectivity index (χ0) is 20.0. The Kier molecular flexibility index (Phi) is 6.73. The molecule has 1 aromatic heterocycles. The van der Waals surface area contributed by atoms with Crippen LogP contribution in [0.4, 0.5) is 0 Å². The van der Waals surface area contributed by atoms with Gasteiger partial charge in [0.05, 0.1) is 19.3 Å². The summed E-state index contributed by atoms with van der Waals surface area (Å²) in [5, 5.41) is 8.97. The number of methoxy groups -OCH3 is 1. The second-order valence-electron chi connectivity index (χ2n) is 6.06. The molecule has 0 aliphatic rings. The number of ketones is 1. The normalized spacial score (nSPS) is 11.6. The van der Waals surface area contributed by atoms with Gasteiger partial charge in [0, 0.05) is 25.4 Å². The number of nitrogens with zero attached hydrogens (tertiary/aromatic N) is 1. The monoisotopic (exact) mass is 368 g/mol. The number of Topliss-reactive ketones (excluding diaryl/α,β-unsaturated/α-hetero) is 1. The van der Waals surface area contributed by atoms with Crippen molar-refractivity contribution in [2.75, 3.05) is 27.3 Å². The fourth-order valence-corrected chi connectivity index (χ4v) is 2.65. The van der Waals surface area contributed by atoms with E-state index in [1.165, 1.54) is 24.3 Å². The molecule has 2 rings (SSSR count). The average Bonchev–Trinajstić information content (AvgIpc) is 3.18. The van der Waals surface area contributed by atoms with Gasteiger partial charge < -0.3 is 19.7 Å². The van der Waals surface area contributed by atoms with E-state index in [-0.39, 0.29) is 30.5 Å². The van der Waals surface area contributed by atoms with E-state index in [1.807, 2.05) is 30.3 Å². The van der Waals surface area contributed by atoms with Crippen molar-refractivity contribution < 1.29 is 19.4 Å². The van der Waals surface area contributed by atoms with Crippen molar-refractivity contribution >= 4 is 17.3 Å². The van der Waals surface area contributed by atoms with Gasteiger partial charge in [-0.15, -0.1) is 0 Å². The molecule has 0 unspecified atom stereocenters. The molecule has 2 aromatic rings. The number of amides is 1. The number of H-pyrrole nitrogens is 1. The predicted molar refractivity (Wildman–Crippen MR) is 104 cm³/mol. The summed E-state index contributed by atoms with van der Waals surface area (Å²) in [6, 6.07) is 10.9. The van der Waals surface area contributed by atoms with Crippen LogP contribution in [-0.2, 0) is 4.74 Å². The van der Waals surface area contributed by atoms with Crippen molar-refractivity contribution in [2.45, 2.75) is 6.92 Å². The highest BCUT2D eigenvalue weighted by Crippen LogP contribution is 2.28. The van der Waals surface area contributed by atoms with Gasteiger partial charge in [-0.3, -0.25) is 9.59 Å². The fourth-order valence-electron chi connectivity index (χ4n) is 2.65. The molecule has 1 aromatic carbocycles. The van der Waals surface area contributed by atoms with Crippen molar-refractivity contribution in [1.82, 2.24) is 9.88 Å². The molecule has 27 heavy (non-hydrogen) atoms. The summed E-state index contributed by atoms with van der Waals surface area (Å²) in [4.78, 5) is 29.6. The minimum atomic E-state index is -0.307. The van der Waals surface area contributed by atoms with Gasteiger partial charge in [0.25, 0.3) is 5.91 Å². The largest absolute Gasteiger partial charge is 0.501 e.